The molecule has 2 aromatic carbocycles. The van der Waals surface area contributed by atoms with Gasteiger partial charge in [-0.25, -0.2) is 13.6 Å². The topological polar surface area (TPSA) is 144 Å². The van der Waals surface area contributed by atoms with Crippen molar-refractivity contribution in [2.45, 2.75) is 10.9 Å². The summed E-state index contributed by atoms with van der Waals surface area (Å²) in [5.41, 5.74) is 1.11. The fourth-order valence-electron chi connectivity index (χ4n) is 3.99. The first-order valence-corrected chi connectivity index (χ1v) is 11.6. The average Bonchev–Trinajstić information content (AvgIpc) is 3.38. The number of nitrogens with zero attached hydrogens (tertiary/aromatic N) is 2. The number of aromatic nitrogens is 1. The highest BCUT2D eigenvalue weighted by molar-refractivity contribution is 7.89. The molecular weight excluding hydrogens is 458 g/mol. The quantitative estimate of drug-likeness (QED) is 0.422. The van der Waals surface area contributed by atoms with E-state index in [0.717, 1.165) is 0 Å². The predicted octanol–water partition coefficient (Wildman–Crippen LogP) is 3.26. The average molecular weight is 475 g/mol. The van der Waals surface area contributed by atoms with Gasteiger partial charge in [-0.05, 0) is 54.1 Å². The lowest BCUT2D eigenvalue weighted by Crippen LogP contribution is -2.31. The fourth-order valence-corrected chi connectivity index (χ4v) is 4.50. The molecule has 5 rings (SSSR count). The molecule has 0 radical (unpaired) electrons. The largest absolute Gasteiger partial charge is 0.503 e. The first-order valence-electron chi connectivity index (χ1n) is 10.1. The van der Waals surface area contributed by atoms with E-state index in [1.54, 1.807) is 42.5 Å². The van der Waals surface area contributed by atoms with Gasteiger partial charge >= 0.3 is 0 Å². The lowest BCUT2D eigenvalue weighted by molar-refractivity contribution is -0.117. The molecule has 10 heteroatoms. The standard InChI is InChI=1S/C24H17N3O6S/c25-34(31,32)17-7-5-16(6-8-17)27-21(14-9-11-26-12-10-14)20(23(29)24(27)30)22(28)19-13-15-3-1-2-4-18(15)33-19/h1-13,21,29H,(H2,25,31,32). The monoisotopic (exact) mass is 475 g/mol. The van der Waals surface area contributed by atoms with Crippen molar-refractivity contribution >= 4 is 38.4 Å². The molecule has 9 nitrogen and oxygen atoms in total. The first-order chi connectivity index (χ1) is 16.3. The molecule has 1 aliphatic heterocycles. The molecule has 0 bridgehead atoms. The van der Waals surface area contributed by atoms with E-state index in [0.29, 0.717) is 16.5 Å². The summed E-state index contributed by atoms with van der Waals surface area (Å²) in [4.78, 5) is 31.7. The van der Waals surface area contributed by atoms with Crippen LogP contribution in [0.1, 0.15) is 22.2 Å². The number of anilines is 1. The van der Waals surface area contributed by atoms with Crippen molar-refractivity contribution in [1.29, 1.82) is 0 Å². The van der Waals surface area contributed by atoms with Crippen LogP contribution in [0.25, 0.3) is 11.0 Å². The van der Waals surface area contributed by atoms with Crippen molar-refractivity contribution in [3.05, 3.63) is 102 Å². The number of aliphatic hydroxyl groups excluding tert-OH is 1. The fraction of sp³-hybridized carbons (Fsp3) is 0.0417. The number of pyridine rings is 1. The molecular formula is C24H17N3O6S. The van der Waals surface area contributed by atoms with E-state index < -0.39 is 33.5 Å². The number of Topliss-reactive ketones (excluding diaryl/α,β-unsaturated/α-hetero) is 1. The molecule has 170 valence electrons. The molecule has 1 amide bonds. The number of nitrogens with two attached hydrogens (primary N) is 1. The van der Waals surface area contributed by atoms with E-state index in [2.05, 4.69) is 4.98 Å². The number of carbonyl (C=O) groups is 2. The smallest absolute Gasteiger partial charge is 0.294 e. The van der Waals surface area contributed by atoms with Crippen LogP contribution in [-0.2, 0) is 14.8 Å². The van der Waals surface area contributed by atoms with Gasteiger partial charge in [0.15, 0.2) is 11.5 Å². The Kier molecular flexibility index (Phi) is 5.03. The van der Waals surface area contributed by atoms with Crippen LogP contribution in [0, 0.1) is 0 Å². The van der Waals surface area contributed by atoms with Crippen molar-refractivity contribution in [3.63, 3.8) is 0 Å². The highest BCUT2D eigenvalue weighted by Gasteiger charge is 2.45. The van der Waals surface area contributed by atoms with Gasteiger partial charge in [-0.3, -0.25) is 19.5 Å². The number of rotatable bonds is 5. The van der Waals surface area contributed by atoms with Crippen LogP contribution in [-0.4, -0.2) is 30.2 Å². The SMILES string of the molecule is NS(=O)(=O)c1ccc(N2C(=O)C(O)=C(C(=O)c3cc4ccccc4o3)C2c2ccncc2)cc1. The van der Waals surface area contributed by atoms with Crippen LogP contribution in [0.2, 0.25) is 0 Å². The highest BCUT2D eigenvalue weighted by Crippen LogP contribution is 2.42. The molecule has 1 atom stereocenters. The molecule has 0 fully saturated rings. The number of aliphatic hydroxyl groups is 1. The van der Waals surface area contributed by atoms with Gasteiger partial charge in [0.05, 0.1) is 16.5 Å². The summed E-state index contributed by atoms with van der Waals surface area (Å²) < 4.78 is 28.9. The molecule has 1 aliphatic rings. The molecule has 0 spiro atoms. The minimum absolute atomic E-state index is 0.0268. The Labute approximate surface area is 193 Å². The third-order valence-electron chi connectivity index (χ3n) is 5.57. The van der Waals surface area contributed by atoms with Crippen molar-refractivity contribution < 1.29 is 27.5 Å². The maximum absolute atomic E-state index is 13.5. The summed E-state index contributed by atoms with van der Waals surface area (Å²) >= 11 is 0. The Morgan fingerprint density at radius 1 is 1.03 bits per heavy atom. The van der Waals surface area contributed by atoms with Crippen molar-refractivity contribution in [2.75, 3.05) is 4.90 Å². The summed E-state index contributed by atoms with van der Waals surface area (Å²) in [6, 6.07) is 16.1. The Balaban J connectivity index is 1.63. The zero-order valence-electron chi connectivity index (χ0n) is 17.5. The van der Waals surface area contributed by atoms with Crippen molar-refractivity contribution in [2.24, 2.45) is 5.14 Å². The Bertz CT molecular complexity index is 1540. The lowest BCUT2D eigenvalue weighted by atomic mass is 9.95. The summed E-state index contributed by atoms with van der Waals surface area (Å²) in [6.45, 7) is 0. The maximum atomic E-state index is 13.5. The lowest BCUT2D eigenvalue weighted by Gasteiger charge is -2.26. The van der Waals surface area contributed by atoms with E-state index >= 15 is 0 Å². The van der Waals surface area contributed by atoms with Gasteiger partial charge in [0.1, 0.15) is 5.58 Å². The molecule has 3 N–H and O–H groups in total. The van der Waals surface area contributed by atoms with E-state index in [1.807, 2.05) is 0 Å². The van der Waals surface area contributed by atoms with Gasteiger partial charge in [-0.2, -0.15) is 0 Å². The van der Waals surface area contributed by atoms with E-state index in [-0.39, 0.29) is 21.9 Å². The summed E-state index contributed by atoms with van der Waals surface area (Å²) in [5.74, 6) is -2.21. The van der Waals surface area contributed by atoms with Gasteiger partial charge in [0.2, 0.25) is 15.8 Å². The number of primary sulfonamides is 1. The number of sulfonamides is 1. The van der Waals surface area contributed by atoms with Crippen LogP contribution < -0.4 is 10.0 Å². The zero-order valence-corrected chi connectivity index (χ0v) is 18.3. The molecule has 0 aliphatic carbocycles. The molecule has 34 heavy (non-hydrogen) atoms. The third-order valence-corrected chi connectivity index (χ3v) is 6.50. The molecule has 4 aromatic rings. The van der Waals surface area contributed by atoms with Crippen LogP contribution in [0.5, 0.6) is 0 Å². The number of fused-ring (bicyclic) bond motifs is 1. The Morgan fingerprint density at radius 3 is 2.35 bits per heavy atom. The number of benzene rings is 2. The second kappa shape index (κ2) is 7.94. The summed E-state index contributed by atoms with van der Waals surface area (Å²) in [5, 5.41) is 16.7. The Hall–Kier alpha value is -4.28. The number of para-hydroxylation sites is 1. The second-order valence-electron chi connectivity index (χ2n) is 7.64. The van der Waals surface area contributed by atoms with Crippen LogP contribution in [0.3, 0.4) is 0 Å². The minimum Gasteiger partial charge on any atom is -0.503 e. The van der Waals surface area contributed by atoms with Gasteiger partial charge in [-0.1, -0.05) is 18.2 Å². The predicted molar refractivity (Wildman–Crippen MR) is 122 cm³/mol. The van der Waals surface area contributed by atoms with Crippen LogP contribution in [0.15, 0.2) is 99.8 Å². The summed E-state index contributed by atoms with van der Waals surface area (Å²) in [7, 11) is -3.94. The van der Waals surface area contributed by atoms with E-state index in [1.165, 1.54) is 41.6 Å². The number of amides is 1. The number of furan rings is 1. The van der Waals surface area contributed by atoms with Crippen molar-refractivity contribution in [3.8, 4) is 0 Å². The number of ketones is 1. The van der Waals surface area contributed by atoms with E-state index in [9.17, 15) is 23.1 Å². The molecule has 3 heterocycles. The molecule has 0 saturated heterocycles. The number of hydrogen-bond acceptors (Lipinski definition) is 7. The van der Waals surface area contributed by atoms with Gasteiger partial charge in [0.25, 0.3) is 5.91 Å². The van der Waals surface area contributed by atoms with Crippen LogP contribution in [0.4, 0.5) is 5.69 Å². The van der Waals surface area contributed by atoms with Gasteiger partial charge in [-0.15, -0.1) is 0 Å². The molecule has 0 saturated carbocycles. The third kappa shape index (κ3) is 3.54. The normalized spacial score (nSPS) is 16.4. The number of hydrogen-bond donors (Lipinski definition) is 2. The summed E-state index contributed by atoms with van der Waals surface area (Å²) in [6.07, 6.45) is 3.00. The van der Waals surface area contributed by atoms with Gasteiger partial charge < -0.3 is 9.52 Å². The Morgan fingerprint density at radius 2 is 1.71 bits per heavy atom. The highest BCUT2D eigenvalue weighted by atomic mass is 32.2. The second-order valence-corrected chi connectivity index (χ2v) is 9.20. The van der Waals surface area contributed by atoms with Crippen molar-refractivity contribution in [1.82, 2.24) is 4.98 Å². The maximum Gasteiger partial charge on any atom is 0.294 e. The van der Waals surface area contributed by atoms with Crippen LogP contribution >= 0.6 is 0 Å². The van der Waals surface area contributed by atoms with E-state index in [4.69, 9.17) is 9.56 Å². The zero-order chi connectivity index (χ0) is 24.0. The molecule has 1 unspecified atom stereocenters. The minimum atomic E-state index is -3.94. The van der Waals surface area contributed by atoms with Gasteiger partial charge in [0, 0.05) is 23.5 Å². The number of carbonyl (C=O) groups excluding carboxylic acids is 2. The first kappa shape index (κ1) is 21.6. The molecule has 2 aromatic heterocycles.